The van der Waals surface area contributed by atoms with Gasteiger partial charge in [-0.2, -0.15) is 0 Å². The van der Waals surface area contributed by atoms with Crippen molar-refractivity contribution in [3.8, 4) is 5.75 Å². The van der Waals surface area contributed by atoms with Crippen molar-refractivity contribution < 1.29 is 32.2 Å². The van der Waals surface area contributed by atoms with Crippen molar-refractivity contribution in [1.82, 2.24) is 9.62 Å². The maximum atomic E-state index is 13.6. The molecule has 1 spiro atoms. The lowest BCUT2D eigenvalue weighted by Gasteiger charge is -2.46. The molecule has 2 aromatic carbocycles. The lowest BCUT2D eigenvalue weighted by molar-refractivity contribution is -0.0607. The van der Waals surface area contributed by atoms with Crippen LogP contribution in [0, 0.1) is 17.8 Å². The number of nitrogens with zero attached hydrogens (tertiary/aromatic N) is 2. The number of morpholine rings is 1. The first kappa shape index (κ1) is 37.6. The lowest BCUT2D eigenvalue weighted by Crippen LogP contribution is -2.50. The maximum Gasteiger partial charge on any atom is 0.264 e. The van der Waals surface area contributed by atoms with E-state index in [9.17, 15) is 13.2 Å². The van der Waals surface area contributed by atoms with Crippen molar-refractivity contribution in [2.45, 2.75) is 75.2 Å². The zero-order valence-corrected chi connectivity index (χ0v) is 32.3. The summed E-state index contributed by atoms with van der Waals surface area (Å²) in [5.41, 5.74) is 3.41. The standard InChI is InChI=1S/C40H54ClN3O7S/c1-27-6-4-8-37(50-19-17-43-16-18-49-24-33(43)23-48-3)34-12-9-31(34)22-44-25-40(15-5-7-29-20-32(41)11-13-35(29)40)26-51-38-14-10-30(21-36(38)44)39(45)42-52(46,47)28(27)2/h4,8,10-11,13-14,20-21,27-28,31,33-34,37H,5-7,9,12,15-19,22-26H2,1-3H3,(H,42,45)/b8-4+/t27-,28+,31-,33-,34+,37-,40-/m0/s1. The first-order chi connectivity index (χ1) is 25.1. The molecule has 1 amide bonds. The number of nitrogens with one attached hydrogen (secondary N) is 1. The molecule has 2 aliphatic carbocycles. The van der Waals surface area contributed by atoms with Gasteiger partial charge >= 0.3 is 0 Å². The quantitative estimate of drug-likeness (QED) is 0.377. The van der Waals surface area contributed by atoms with Gasteiger partial charge in [-0.15, -0.1) is 0 Å². The smallest absolute Gasteiger partial charge is 0.264 e. The molecule has 1 N–H and O–H groups in total. The summed E-state index contributed by atoms with van der Waals surface area (Å²) in [4.78, 5) is 18.4. The molecule has 7 rings (SSSR count). The molecule has 7 atom stereocenters. The fourth-order valence-electron chi connectivity index (χ4n) is 8.96. The van der Waals surface area contributed by atoms with Crippen LogP contribution in [0.5, 0.6) is 5.75 Å². The molecule has 284 valence electrons. The SMILES string of the molecule is COC[C@H]1COCCN1CCO[C@H]1/C=C/C[C@H](C)[C@@H](C)S(=O)(=O)NC(=O)c2ccc3c(c2)N(C[C@@H]2CC[C@H]21)C[C@@]1(CCCc2cc(Cl)ccc21)CO3. The molecule has 2 aromatic rings. The highest BCUT2D eigenvalue weighted by atomic mass is 35.5. The van der Waals surface area contributed by atoms with Crippen LogP contribution >= 0.6 is 11.6 Å². The molecular formula is C40H54ClN3O7S. The minimum atomic E-state index is -3.94. The summed E-state index contributed by atoms with van der Waals surface area (Å²) in [6.07, 6.45) is 9.83. The summed E-state index contributed by atoms with van der Waals surface area (Å²) in [6.45, 7) is 9.79. The average molecular weight is 756 g/mol. The van der Waals surface area contributed by atoms with Gasteiger partial charge in [0.2, 0.25) is 10.0 Å². The van der Waals surface area contributed by atoms with Gasteiger partial charge in [0.1, 0.15) is 5.75 Å². The summed E-state index contributed by atoms with van der Waals surface area (Å²) < 4.78 is 54.0. The summed E-state index contributed by atoms with van der Waals surface area (Å²) >= 11 is 6.48. The Morgan fingerprint density at radius 1 is 1.13 bits per heavy atom. The van der Waals surface area contributed by atoms with Crippen LogP contribution < -0.4 is 14.4 Å². The Hall–Kier alpha value is -2.67. The molecule has 3 heterocycles. The van der Waals surface area contributed by atoms with Crippen LogP contribution in [0.1, 0.15) is 67.4 Å². The number of carbonyl (C=O) groups is 1. The Bertz CT molecular complexity index is 1740. The minimum Gasteiger partial charge on any atom is -0.490 e. The van der Waals surface area contributed by atoms with Gasteiger partial charge in [0.25, 0.3) is 5.91 Å². The van der Waals surface area contributed by atoms with E-state index < -0.39 is 21.2 Å². The van der Waals surface area contributed by atoms with E-state index in [2.05, 4.69) is 38.8 Å². The van der Waals surface area contributed by atoms with Crippen LogP contribution in [0.2, 0.25) is 5.02 Å². The summed E-state index contributed by atoms with van der Waals surface area (Å²) in [6, 6.07) is 11.8. The highest BCUT2D eigenvalue weighted by Crippen LogP contribution is 2.47. The number of ether oxygens (including phenoxy) is 4. The highest BCUT2D eigenvalue weighted by molar-refractivity contribution is 7.90. The first-order valence-electron chi connectivity index (χ1n) is 19.0. The Balaban J connectivity index is 1.21. The predicted molar refractivity (Wildman–Crippen MR) is 203 cm³/mol. The Morgan fingerprint density at radius 3 is 2.81 bits per heavy atom. The summed E-state index contributed by atoms with van der Waals surface area (Å²) in [7, 11) is -2.21. The number of carbonyl (C=O) groups excluding carboxylic acids is 1. The van der Waals surface area contributed by atoms with E-state index in [0.29, 0.717) is 62.6 Å². The molecule has 1 saturated carbocycles. The van der Waals surface area contributed by atoms with Crippen molar-refractivity contribution >= 4 is 33.2 Å². The van der Waals surface area contributed by atoms with Gasteiger partial charge in [-0.05, 0) is 105 Å². The van der Waals surface area contributed by atoms with Gasteiger partial charge in [0, 0.05) is 49.3 Å². The van der Waals surface area contributed by atoms with E-state index in [1.54, 1.807) is 20.1 Å². The second-order valence-corrected chi connectivity index (χ2v) is 18.1. The number of hydrogen-bond acceptors (Lipinski definition) is 9. The zero-order valence-electron chi connectivity index (χ0n) is 30.7. The molecule has 5 aliphatic rings. The number of rotatable bonds is 6. The molecule has 52 heavy (non-hydrogen) atoms. The number of halogens is 1. The third kappa shape index (κ3) is 7.91. The fourth-order valence-corrected chi connectivity index (χ4v) is 10.4. The van der Waals surface area contributed by atoms with Crippen molar-refractivity contribution in [1.29, 1.82) is 0 Å². The van der Waals surface area contributed by atoms with Crippen LogP contribution in [-0.4, -0.2) is 103 Å². The van der Waals surface area contributed by atoms with E-state index in [1.165, 1.54) is 11.1 Å². The minimum absolute atomic E-state index is 0.104. The third-order valence-electron chi connectivity index (χ3n) is 12.4. The van der Waals surface area contributed by atoms with Crippen LogP contribution in [0.4, 0.5) is 5.69 Å². The number of anilines is 1. The van der Waals surface area contributed by atoms with Crippen molar-refractivity contribution in [2.75, 3.05) is 71.2 Å². The normalized spacial score (nSPS) is 32.8. The number of amides is 1. The first-order valence-corrected chi connectivity index (χ1v) is 20.9. The molecular weight excluding hydrogens is 702 g/mol. The van der Waals surface area contributed by atoms with E-state index in [1.807, 2.05) is 25.1 Å². The molecule has 3 aliphatic heterocycles. The highest BCUT2D eigenvalue weighted by Gasteiger charge is 2.45. The number of benzene rings is 2. The maximum absolute atomic E-state index is 13.6. The molecule has 2 bridgehead atoms. The van der Waals surface area contributed by atoms with Gasteiger partial charge in [0.15, 0.2) is 0 Å². The number of aryl methyl sites for hydroxylation is 1. The topological polar surface area (TPSA) is 107 Å². The number of allylic oxidation sites excluding steroid dienone is 1. The summed E-state index contributed by atoms with van der Waals surface area (Å²) in [5, 5.41) is -0.0311. The molecule has 2 fully saturated rings. The average Bonchev–Trinajstić information content (AvgIpc) is 3.26. The van der Waals surface area contributed by atoms with Crippen molar-refractivity contribution in [3.05, 3.63) is 70.3 Å². The lowest BCUT2D eigenvalue weighted by atomic mass is 9.68. The van der Waals surface area contributed by atoms with Crippen molar-refractivity contribution in [3.63, 3.8) is 0 Å². The Kier molecular flexibility index (Phi) is 11.6. The largest absolute Gasteiger partial charge is 0.490 e. The molecule has 10 nitrogen and oxygen atoms in total. The van der Waals surface area contributed by atoms with Gasteiger partial charge in [0.05, 0.1) is 56.1 Å². The van der Waals surface area contributed by atoms with E-state index in [0.717, 1.165) is 69.0 Å². The van der Waals surface area contributed by atoms with Crippen LogP contribution in [-0.2, 0) is 36.1 Å². The fraction of sp³-hybridized carbons (Fsp3) is 0.625. The van der Waals surface area contributed by atoms with Gasteiger partial charge in [-0.3, -0.25) is 9.69 Å². The molecule has 0 unspecified atom stereocenters. The van der Waals surface area contributed by atoms with Crippen LogP contribution in [0.15, 0.2) is 48.6 Å². The third-order valence-corrected chi connectivity index (χ3v) is 14.6. The van der Waals surface area contributed by atoms with E-state index in [4.69, 9.17) is 30.5 Å². The number of methoxy groups -OCH3 is 1. The second kappa shape index (κ2) is 16.0. The van der Waals surface area contributed by atoms with E-state index >= 15 is 0 Å². The second-order valence-electron chi connectivity index (χ2n) is 15.7. The zero-order chi connectivity index (χ0) is 36.5. The Morgan fingerprint density at radius 2 is 2.00 bits per heavy atom. The number of sulfonamides is 1. The molecule has 12 heteroatoms. The Labute approximate surface area is 314 Å². The van der Waals surface area contributed by atoms with Gasteiger partial charge < -0.3 is 23.8 Å². The van der Waals surface area contributed by atoms with Crippen LogP contribution in [0.3, 0.4) is 0 Å². The van der Waals surface area contributed by atoms with Crippen molar-refractivity contribution in [2.24, 2.45) is 17.8 Å². The number of hydrogen-bond donors (Lipinski definition) is 1. The number of fused-ring (bicyclic) bond motifs is 4. The molecule has 1 saturated heterocycles. The summed E-state index contributed by atoms with van der Waals surface area (Å²) in [5.74, 6) is 0.533. The van der Waals surface area contributed by atoms with E-state index in [-0.39, 0.29) is 23.5 Å². The molecule has 0 aromatic heterocycles. The van der Waals surface area contributed by atoms with Gasteiger partial charge in [-0.25, -0.2) is 13.1 Å². The monoisotopic (exact) mass is 755 g/mol. The molecule has 0 radical (unpaired) electrons. The predicted octanol–water partition coefficient (Wildman–Crippen LogP) is 5.62. The van der Waals surface area contributed by atoms with Crippen LogP contribution in [0.25, 0.3) is 0 Å². The van der Waals surface area contributed by atoms with Gasteiger partial charge in [-0.1, -0.05) is 36.7 Å².